The molecule has 3 atom stereocenters. The number of benzene rings is 1. The van der Waals surface area contributed by atoms with Gasteiger partial charge in [0.05, 0.1) is 6.61 Å². The molecule has 1 aromatic carbocycles. The van der Waals surface area contributed by atoms with Crippen molar-refractivity contribution in [2.75, 3.05) is 13.2 Å². The van der Waals surface area contributed by atoms with Gasteiger partial charge in [-0.2, -0.15) is 0 Å². The first-order chi connectivity index (χ1) is 10.9. The minimum absolute atomic E-state index is 0.144. The second-order valence-corrected chi connectivity index (χ2v) is 6.35. The minimum atomic E-state index is -0.531. The summed E-state index contributed by atoms with van der Waals surface area (Å²) in [5, 5.41) is 0. The molecule has 5 nitrogen and oxygen atoms in total. The number of esters is 1. The Morgan fingerprint density at radius 1 is 1.35 bits per heavy atom. The summed E-state index contributed by atoms with van der Waals surface area (Å²) in [5.41, 5.74) is 0.404. The van der Waals surface area contributed by atoms with Crippen LogP contribution >= 0.6 is 0 Å². The molecule has 0 bridgehead atoms. The maximum absolute atomic E-state index is 11.7. The lowest BCUT2D eigenvalue weighted by molar-refractivity contribution is -0.254. The zero-order chi connectivity index (χ0) is 16.9. The first kappa shape index (κ1) is 17.7. The van der Waals surface area contributed by atoms with Crippen molar-refractivity contribution >= 4 is 5.97 Å². The summed E-state index contributed by atoms with van der Waals surface area (Å²) in [7, 11) is 0. The molecule has 23 heavy (non-hydrogen) atoms. The van der Waals surface area contributed by atoms with Gasteiger partial charge in [-0.15, -0.1) is 6.58 Å². The summed E-state index contributed by atoms with van der Waals surface area (Å²) in [6.07, 6.45) is 0.468. The number of carbonyl (C=O) groups excluding carboxylic acids is 1. The first-order valence-corrected chi connectivity index (χ1v) is 7.67. The van der Waals surface area contributed by atoms with Crippen LogP contribution in [-0.2, 0) is 23.7 Å². The van der Waals surface area contributed by atoms with Gasteiger partial charge >= 0.3 is 5.97 Å². The molecular weight excluding hydrogens is 296 g/mol. The standard InChI is InChI=1S/C18H24O5/c1-5-14-15(20-12-16(19)23-18(2,3)4)11-21-17(22-14)13-9-7-6-8-10-13/h5-10,14-15,17H,1,11-12H2,2-4H3/t14-,15+,17+/m0/s1. The van der Waals surface area contributed by atoms with Crippen molar-refractivity contribution < 1.29 is 23.7 Å². The highest BCUT2D eigenvalue weighted by Gasteiger charge is 2.32. The number of hydrogen-bond donors (Lipinski definition) is 0. The topological polar surface area (TPSA) is 54.0 Å². The Hall–Kier alpha value is -1.69. The van der Waals surface area contributed by atoms with Crippen molar-refractivity contribution in [2.24, 2.45) is 0 Å². The SMILES string of the molecule is C=C[C@@H]1O[C@H](c2ccccc2)OC[C@H]1OCC(=O)OC(C)(C)C. The largest absolute Gasteiger partial charge is 0.458 e. The van der Waals surface area contributed by atoms with E-state index in [1.807, 2.05) is 51.1 Å². The molecule has 5 heteroatoms. The minimum Gasteiger partial charge on any atom is -0.458 e. The average Bonchev–Trinajstić information content (AvgIpc) is 2.52. The lowest BCUT2D eigenvalue weighted by atomic mass is 10.1. The summed E-state index contributed by atoms with van der Waals surface area (Å²) in [5.74, 6) is -0.412. The van der Waals surface area contributed by atoms with E-state index in [0.717, 1.165) is 5.56 Å². The Morgan fingerprint density at radius 3 is 2.65 bits per heavy atom. The Kier molecular flexibility index (Phi) is 5.93. The second kappa shape index (κ2) is 7.73. The summed E-state index contributed by atoms with van der Waals surface area (Å²) < 4.78 is 22.3. The zero-order valence-corrected chi connectivity index (χ0v) is 13.9. The van der Waals surface area contributed by atoms with Crippen molar-refractivity contribution in [3.8, 4) is 0 Å². The van der Waals surface area contributed by atoms with Gasteiger partial charge in [0.1, 0.15) is 24.4 Å². The number of carbonyl (C=O) groups is 1. The molecule has 0 amide bonds. The highest BCUT2D eigenvalue weighted by atomic mass is 16.7. The van der Waals surface area contributed by atoms with Gasteiger partial charge in [0.15, 0.2) is 6.29 Å². The average molecular weight is 320 g/mol. The molecule has 0 spiro atoms. The lowest BCUT2D eigenvalue weighted by Crippen LogP contribution is -2.42. The van der Waals surface area contributed by atoms with Gasteiger partial charge in [0.2, 0.25) is 0 Å². The maximum Gasteiger partial charge on any atom is 0.332 e. The molecule has 1 aromatic rings. The second-order valence-electron chi connectivity index (χ2n) is 6.35. The monoisotopic (exact) mass is 320 g/mol. The molecule has 1 aliphatic heterocycles. The van der Waals surface area contributed by atoms with Gasteiger partial charge in [-0.3, -0.25) is 0 Å². The summed E-state index contributed by atoms with van der Waals surface area (Å²) in [6.45, 7) is 9.39. The van der Waals surface area contributed by atoms with E-state index < -0.39 is 17.9 Å². The quantitative estimate of drug-likeness (QED) is 0.616. The molecule has 0 aliphatic carbocycles. The van der Waals surface area contributed by atoms with Crippen LogP contribution in [0.2, 0.25) is 0 Å². The number of rotatable bonds is 5. The van der Waals surface area contributed by atoms with Gasteiger partial charge in [-0.1, -0.05) is 36.4 Å². The Balaban J connectivity index is 1.88. The van der Waals surface area contributed by atoms with Crippen LogP contribution in [0.4, 0.5) is 0 Å². The van der Waals surface area contributed by atoms with E-state index in [9.17, 15) is 4.79 Å². The third-order valence-electron chi connectivity index (χ3n) is 3.20. The van der Waals surface area contributed by atoms with Crippen LogP contribution < -0.4 is 0 Å². The van der Waals surface area contributed by atoms with Crippen LogP contribution in [0, 0.1) is 0 Å². The molecule has 2 rings (SSSR count). The predicted molar refractivity (Wildman–Crippen MR) is 85.8 cm³/mol. The molecule has 0 saturated carbocycles. The fourth-order valence-electron chi connectivity index (χ4n) is 2.23. The molecule has 1 heterocycles. The Labute approximate surface area is 137 Å². The van der Waals surface area contributed by atoms with Gasteiger partial charge in [0, 0.05) is 5.56 Å². The molecular formula is C18H24O5. The van der Waals surface area contributed by atoms with Crippen LogP contribution in [0.25, 0.3) is 0 Å². The highest BCUT2D eigenvalue weighted by Crippen LogP contribution is 2.28. The molecule has 1 fully saturated rings. The summed E-state index contributed by atoms with van der Waals surface area (Å²) in [6, 6.07) is 9.66. The molecule has 126 valence electrons. The van der Waals surface area contributed by atoms with E-state index in [2.05, 4.69) is 6.58 Å². The van der Waals surface area contributed by atoms with Crippen LogP contribution in [-0.4, -0.2) is 37.0 Å². The molecule has 0 aromatic heterocycles. The van der Waals surface area contributed by atoms with E-state index in [1.54, 1.807) is 6.08 Å². The van der Waals surface area contributed by atoms with Crippen LogP contribution in [0.1, 0.15) is 32.6 Å². The fourth-order valence-corrected chi connectivity index (χ4v) is 2.23. The van der Waals surface area contributed by atoms with Crippen molar-refractivity contribution in [2.45, 2.75) is 44.9 Å². The Morgan fingerprint density at radius 2 is 2.04 bits per heavy atom. The van der Waals surface area contributed by atoms with Gasteiger partial charge in [0.25, 0.3) is 0 Å². The number of ether oxygens (including phenoxy) is 4. The van der Waals surface area contributed by atoms with E-state index in [1.165, 1.54) is 0 Å². The first-order valence-electron chi connectivity index (χ1n) is 7.67. The van der Waals surface area contributed by atoms with E-state index >= 15 is 0 Å². The zero-order valence-electron chi connectivity index (χ0n) is 13.9. The van der Waals surface area contributed by atoms with E-state index in [-0.39, 0.29) is 18.8 Å². The van der Waals surface area contributed by atoms with E-state index in [4.69, 9.17) is 18.9 Å². The van der Waals surface area contributed by atoms with Crippen molar-refractivity contribution in [1.29, 1.82) is 0 Å². The third-order valence-corrected chi connectivity index (χ3v) is 3.20. The van der Waals surface area contributed by atoms with Crippen molar-refractivity contribution in [3.05, 3.63) is 48.6 Å². The molecule has 0 N–H and O–H groups in total. The van der Waals surface area contributed by atoms with E-state index in [0.29, 0.717) is 6.61 Å². The van der Waals surface area contributed by atoms with Crippen molar-refractivity contribution in [1.82, 2.24) is 0 Å². The van der Waals surface area contributed by atoms with Crippen LogP contribution in [0.3, 0.4) is 0 Å². The summed E-state index contributed by atoms with van der Waals surface area (Å²) in [4.78, 5) is 11.7. The normalized spacial score (nSPS) is 24.9. The van der Waals surface area contributed by atoms with Crippen molar-refractivity contribution in [3.63, 3.8) is 0 Å². The molecule has 1 saturated heterocycles. The van der Waals surface area contributed by atoms with Gasteiger partial charge in [-0.05, 0) is 20.8 Å². The van der Waals surface area contributed by atoms with Gasteiger partial charge in [-0.25, -0.2) is 4.79 Å². The summed E-state index contributed by atoms with van der Waals surface area (Å²) >= 11 is 0. The van der Waals surface area contributed by atoms with Crippen LogP contribution in [0.5, 0.6) is 0 Å². The maximum atomic E-state index is 11.7. The fraction of sp³-hybridized carbons (Fsp3) is 0.500. The predicted octanol–water partition coefficient (Wildman–Crippen LogP) is 3.01. The highest BCUT2D eigenvalue weighted by molar-refractivity contribution is 5.71. The third kappa shape index (κ3) is 5.46. The lowest BCUT2D eigenvalue weighted by Gasteiger charge is -2.35. The molecule has 1 aliphatic rings. The molecule has 0 unspecified atom stereocenters. The smallest absolute Gasteiger partial charge is 0.332 e. The number of hydrogen-bond acceptors (Lipinski definition) is 5. The van der Waals surface area contributed by atoms with Crippen LogP contribution in [0.15, 0.2) is 43.0 Å². The Bertz CT molecular complexity index is 520. The van der Waals surface area contributed by atoms with Gasteiger partial charge < -0.3 is 18.9 Å². The molecule has 0 radical (unpaired) electrons.